The summed E-state index contributed by atoms with van der Waals surface area (Å²) in [6.07, 6.45) is 8.11. The van der Waals surface area contributed by atoms with Crippen LogP contribution in [0.1, 0.15) is 32.1 Å². The number of nitrogens with one attached hydrogen (secondary N) is 1. The van der Waals surface area contributed by atoms with Crippen molar-refractivity contribution in [3.63, 3.8) is 0 Å². The molecule has 1 unspecified atom stereocenters. The fraction of sp³-hybridized carbons (Fsp3) is 0.750. The fourth-order valence-corrected chi connectivity index (χ4v) is 3.37. The molecule has 2 aliphatic heterocycles. The molecule has 3 rings (SSSR count). The van der Waals surface area contributed by atoms with Crippen molar-refractivity contribution in [3.8, 4) is 0 Å². The van der Waals surface area contributed by atoms with Crippen LogP contribution in [0.15, 0.2) is 12.3 Å². The number of β-amino-alcohol motifs (C(OH)–C–C–N with tert-alkyl or cyclic N) is 1. The van der Waals surface area contributed by atoms with Crippen molar-refractivity contribution < 1.29 is 5.11 Å². The van der Waals surface area contributed by atoms with E-state index in [1.807, 2.05) is 12.3 Å². The van der Waals surface area contributed by atoms with Crippen LogP contribution in [0, 0.1) is 0 Å². The molecule has 0 aliphatic carbocycles. The summed E-state index contributed by atoms with van der Waals surface area (Å²) in [5.74, 6) is 1.78. The van der Waals surface area contributed by atoms with E-state index in [1.54, 1.807) is 0 Å². The number of hydrogen-bond acceptors (Lipinski definition) is 6. The van der Waals surface area contributed by atoms with Crippen LogP contribution in [0.5, 0.6) is 0 Å². The van der Waals surface area contributed by atoms with Crippen LogP contribution in [0.4, 0.5) is 11.8 Å². The van der Waals surface area contributed by atoms with Crippen molar-refractivity contribution in [1.82, 2.24) is 14.9 Å². The molecule has 1 aromatic rings. The molecule has 0 spiro atoms. The van der Waals surface area contributed by atoms with Crippen LogP contribution < -0.4 is 10.2 Å². The average molecular weight is 305 g/mol. The van der Waals surface area contributed by atoms with Gasteiger partial charge in [-0.05, 0) is 25.3 Å². The van der Waals surface area contributed by atoms with Gasteiger partial charge in [0.1, 0.15) is 5.82 Å². The number of likely N-dealkylation sites (tertiary alicyclic amines) is 1. The quantitative estimate of drug-likeness (QED) is 0.856. The van der Waals surface area contributed by atoms with Crippen molar-refractivity contribution in [2.45, 2.75) is 38.1 Å². The summed E-state index contributed by atoms with van der Waals surface area (Å²) in [5, 5.41) is 12.5. The SMILES string of the molecule is OCCN1CCC(Nc2nccc(N3CCCCCC3)n2)C1. The molecule has 122 valence electrons. The van der Waals surface area contributed by atoms with E-state index >= 15 is 0 Å². The van der Waals surface area contributed by atoms with E-state index in [-0.39, 0.29) is 6.61 Å². The van der Waals surface area contributed by atoms with Crippen LogP contribution in [0.25, 0.3) is 0 Å². The minimum atomic E-state index is 0.230. The Morgan fingerprint density at radius 3 is 2.77 bits per heavy atom. The van der Waals surface area contributed by atoms with Crippen molar-refractivity contribution in [1.29, 1.82) is 0 Å². The van der Waals surface area contributed by atoms with Crippen LogP contribution in [-0.2, 0) is 0 Å². The molecule has 2 fully saturated rings. The van der Waals surface area contributed by atoms with Gasteiger partial charge in [0, 0.05) is 45.0 Å². The lowest BCUT2D eigenvalue weighted by Gasteiger charge is -2.22. The Kier molecular flexibility index (Phi) is 5.45. The zero-order valence-corrected chi connectivity index (χ0v) is 13.2. The van der Waals surface area contributed by atoms with Gasteiger partial charge >= 0.3 is 0 Å². The molecule has 2 aliphatic rings. The molecule has 0 amide bonds. The summed E-state index contributed by atoms with van der Waals surface area (Å²) in [6.45, 7) is 5.18. The van der Waals surface area contributed by atoms with E-state index in [0.29, 0.717) is 6.04 Å². The Hall–Kier alpha value is -1.40. The summed E-state index contributed by atoms with van der Waals surface area (Å²) in [6, 6.07) is 2.40. The third kappa shape index (κ3) is 4.08. The van der Waals surface area contributed by atoms with Gasteiger partial charge in [-0.15, -0.1) is 0 Å². The highest BCUT2D eigenvalue weighted by molar-refractivity contribution is 5.43. The van der Waals surface area contributed by atoms with Crippen LogP contribution in [0.3, 0.4) is 0 Å². The van der Waals surface area contributed by atoms with Gasteiger partial charge in [0.25, 0.3) is 0 Å². The Morgan fingerprint density at radius 1 is 1.18 bits per heavy atom. The molecule has 22 heavy (non-hydrogen) atoms. The van der Waals surface area contributed by atoms with Crippen molar-refractivity contribution in [2.24, 2.45) is 0 Å². The average Bonchev–Trinajstić information content (AvgIpc) is 2.81. The maximum atomic E-state index is 9.01. The largest absolute Gasteiger partial charge is 0.395 e. The van der Waals surface area contributed by atoms with Gasteiger partial charge in [0.2, 0.25) is 5.95 Å². The van der Waals surface area contributed by atoms with Crippen molar-refractivity contribution in [2.75, 3.05) is 49.5 Å². The maximum Gasteiger partial charge on any atom is 0.224 e. The van der Waals surface area contributed by atoms with Gasteiger partial charge in [-0.3, -0.25) is 4.90 Å². The van der Waals surface area contributed by atoms with Crippen LogP contribution in [0.2, 0.25) is 0 Å². The Bertz CT molecular complexity index is 462. The molecule has 0 radical (unpaired) electrons. The summed E-state index contributed by atoms with van der Waals surface area (Å²) in [7, 11) is 0. The summed E-state index contributed by atoms with van der Waals surface area (Å²) < 4.78 is 0. The lowest BCUT2D eigenvalue weighted by molar-refractivity contribution is 0.221. The summed E-state index contributed by atoms with van der Waals surface area (Å²) in [4.78, 5) is 13.7. The molecule has 0 saturated carbocycles. The smallest absolute Gasteiger partial charge is 0.224 e. The Morgan fingerprint density at radius 2 is 2.00 bits per heavy atom. The van der Waals surface area contributed by atoms with Crippen LogP contribution in [-0.4, -0.2) is 65.3 Å². The molecule has 0 bridgehead atoms. The highest BCUT2D eigenvalue weighted by atomic mass is 16.3. The second-order valence-corrected chi connectivity index (χ2v) is 6.29. The second kappa shape index (κ2) is 7.74. The number of anilines is 2. The molecule has 0 aromatic carbocycles. The standard InChI is InChI=1S/C16H27N5O/c22-12-11-20-10-6-14(13-20)18-16-17-7-5-15(19-16)21-8-3-1-2-4-9-21/h5,7,14,22H,1-4,6,8-13H2,(H,17,18,19). The minimum absolute atomic E-state index is 0.230. The fourth-order valence-electron chi connectivity index (χ4n) is 3.37. The number of aliphatic hydroxyl groups excluding tert-OH is 1. The highest BCUT2D eigenvalue weighted by Gasteiger charge is 2.22. The maximum absolute atomic E-state index is 9.01. The topological polar surface area (TPSA) is 64.5 Å². The predicted molar refractivity (Wildman–Crippen MR) is 88.3 cm³/mol. The molecular weight excluding hydrogens is 278 g/mol. The van der Waals surface area contributed by atoms with E-state index in [9.17, 15) is 0 Å². The van der Waals surface area contributed by atoms with Gasteiger partial charge < -0.3 is 15.3 Å². The first-order valence-corrected chi connectivity index (χ1v) is 8.53. The molecule has 6 nitrogen and oxygen atoms in total. The summed E-state index contributed by atoms with van der Waals surface area (Å²) in [5.41, 5.74) is 0. The monoisotopic (exact) mass is 305 g/mol. The molecular formula is C16H27N5O. The highest BCUT2D eigenvalue weighted by Crippen LogP contribution is 2.19. The van der Waals surface area contributed by atoms with Gasteiger partial charge in [-0.1, -0.05) is 12.8 Å². The van der Waals surface area contributed by atoms with E-state index in [0.717, 1.165) is 50.9 Å². The van der Waals surface area contributed by atoms with Gasteiger partial charge in [0.15, 0.2) is 0 Å². The number of hydrogen-bond donors (Lipinski definition) is 2. The minimum Gasteiger partial charge on any atom is -0.395 e. The van der Waals surface area contributed by atoms with Crippen LogP contribution >= 0.6 is 0 Å². The van der Waals surface area contributed by atoms with Gasteiger partial charge in [-0.25, -0.2) is 4.98 Å². The first-order valence-electron chi connectivity index (χ1n) is 8.53. The lowest BCUT2D eigenvalue weighted by atomic mass is 10.2. The van der Waals surface area contributed by atoms with E-state index in [2.05, 4.69) is 20.1 Å². The third-order valence-corrected chi connectivity index (χ3v) is 4.59. The predicted octanol–water partition coefficient (Wildman–Crippen LogP) is 1.34. The van der Waals surface area contributed by atoms with E-state index < -0.39 is 0 Å². The number of aliphatic hydroxyl groups is 1. The number of nitrogens with zero attached hydrogens (tertiary/aromatic N) is 4. The second-order valence-electron chi connectivity index (χ2n) is 6.29. The molecule has 6 heteroatoms. The molecule has 1 atom stereocenters. The Balaban J connectivity index is 1.59. The number of aromatic nitrogens is 2. The van der Waals surface area contributed by atoms with E-state index in [1.165, 1.54) is 25.7 Å². The molecule has 3 heterocycles. The van der Waals surface area contributed by atoms with Gasteiger partial charge in [-0.2, -0.15) is 4.98 Å². The molecule has 2 saturated heterocycles. The zero-order valence-electron chi connectivity index (χ0n) is 13.2. The lowest BCUT2D eigenvalue weighted by Crippen LogP contribution is -2.29. The first-order chi connectivity index (χ1) is 10.8. The van der Waals surface area contributed by atoms with Gasteiger partial charge in [0.05, 0.1) is 6.61 Å². The van der Waals surface area contributed by atoms with Crippen molar-refractivity contribution in [3.05, 3.63) is 12.3 Å². The van der Waals surface area contributed by atoms with Crippen molar-refractivity contribution >= 4 is 11.8 Å². The number of rotatable bonds is 5. The van der Waals surface area contributed by atoms with E-state index in [4.69, 9.17) is 10.1 Å². The summed E-state index contributed by atoms with van der Waals surface area (Å²) >= 11 is 0. The molecule has 2 N–H and O–H groups in total. The molecule has 1 aromatic heterocycles. The first kappa shape index (κ1) is 15.5. The zero-order chi connectivity index (χ0) is 15.2. The Labute approximate surface area is 132 Å². The normalized spacial score (nSPS) is 23.5. The third-order valence-electron chi connectivity index (χ3n) is 4.59.